The molecule has 5 aromatic rings. The van der Waals surface area contributed by atoms with Crippen LogP contribution in [-0.2, 0) is 6.61 Å². The van der Waals surface area contributed by atoms with Gasteiger partial charge in [-0.3, -0.25) is 14.3 Å². The molecule has 10 heteroatoms. The second-order valence-corrected chi connectivity index (χ2v) is 8.84. The standard InChI is InChI=1S/C29H22ClFN4O4/c1-37-27-26(15-33-29(34-27)38-2)20-12-25(28(36)35(16-20)23-7-4-8-32-14-23)19-10-21(30)13-24(11-19)39-17-18-5-3-6-22(31)9-18/h3-16H,17H2,1-2H3. The minimum Gasteiger partial charge on any atom is -0.489 e. The number of nitrogens with zero attached hydrogens (tertiary/aromatic N) is 4. The molecule has 5 rings (SSSR count). The normalized spacial score (nSPS) is 10.8. The van der Waals surface area contributed by atoms with E-state index in [1.807, 2.05) is 0 Å². The molecule has 0 aliphatic carbocycles. The molecular formula is C29H22ClFN4O4. The van der Waals surface area contributed by atoms with Crippen molar-refractivity contribution in [1.29, 1.82) is 0 Å². The summed E-state index contributed by atoms with van der Waals surface area (Å²) in [6.45, 7) is 0.123. The summed E-state index contributed by atoms with van der Waals surface area (Å²) < 4.78 is 31.6. The van der Waals surface area contributed by atoms with Crippen molar-refractivity contribution in [1.82, 2.24) is 19.5 Å². The molecule has 0 bridgehead atoms. The molecule has 0 spiro atoms. The highest BCUT2D eigenvalue weighted by Gasteiger charge is 2.17. The molecule has 3 aromatic heterocycles. The number of ether oxygens (including phenoxy) is 3. The van der Waals surface area contributed by atoms with E-state index in [0.717, 1.165) is 0 Å². The monoisotopic (exact) mass is 544 g/mol. The third-order valence-corrected chi connectivity index (χ3v) is 6.05. The van der Waals surface area contributed by atoms with E-state index >= 15 is 0 Å². The Kier molecular flexibility index (Phi) is 7.51. The Bertz CT molecular complexity index is 1700. The summed E-state index contributed by atoms with van der Waals surface area (Å²) >= 11 is 6.44. The second kappa shape index (κ2) is 11.3. The van der Waals surface area contributed by atoms with Crippen LogP contribution in [0.3, 0.4) is 0 Å². The average molecular weight is 545 g/mol. The number of hydrogen-bond acceptors (Lipinski definition) is 7. The molecule has 8 nitrogen and oxygen atoms in total. The molecule has 0 aliphatic heterocycles. The van der Waals surface area contributed by atoms with Crippen molar-refractivity contribution in [3.63, 3.8) is 0 Å². The van der Waals surface area contributed by atoms with Gasteiger partial charge in [0.1, 0.15) is 18.2 Å². The maximum Gasteiger partial charge on any atom is 0.319 e. The summed E-state index contributed by atoms with van der Waals surface area (Å²) in [4.78, 5) is 26.4. The molecule has 0 amide bonds. The zero-order chi connectivity index (χ0) is 27.4. The largest absolute Gasteiger partial charge is 0.489 e. The van der Waals surface area contributed by atoms with Gasteiger partial charge < -0.3 is 14.2 Å². The summed E-state index contributed by atoms with van der Waals surface area (Å²) in [5.41, 5.74) is 2.92. The first kappa shape index (κ1) is 25.9. The summed E-state index contributed by atoms with van der Waals surface area (Å²) in [6, 6.07) is 16.5. The predicted molar refractivity (Wildman–Crippen MR) is 145 cm³/mol. The van der Waals surface area contributed by atoms with Gasteiger partial charge in [-0.15, -0.1) is 0 Å². The lowest BCUT2D eigenvalue weighted by Crippen LogP contribution is -2.20. The van der Waals surface area contributed by atoms with Crippen molar-refractivity contribution < 1.29 is 18.6 Å². The molecule has 0 radical (unpaired) electrons. The molecular weight excluding hydrogens is 523 g/mol. The fourth-order valence-electron chi connectivity index (χ4n) is 4.02. The molecule has 196 valence electrons. The minimum atomic E-state index is -0.353. The number of halogens is 2. The summed E-state index contributed by atoms with van der Waals surface area (Å²) in [7, 11) is 2.95. The van der Waals surface area contributed by atoms with E-state index in [1.165, 1.54) is 30.9 Å². The van der Waals surface area contributed by atoms with Gasteiger partial charge in [0.15, 0.2) is 0 Å². The summed E-state index contributed by atoms with van der Waals surface area (Å²) in [5.74, 6) is 0.341. The van der Waals surface area contributed by atoms with Gasteiger partial charge in [-0.25, -0.2) is 9.37 Å². The molecule has 0 aliphatic rings. The van der Waals surface area contributed by atoms with Crippen molar-refractivity contribution in [3.05, 3.63) is 112 Å². The van der Waals surface area contributed by atoms with Crippen LogP contribution in [0.2, 0.25) is 5.02 Å². The van der Waals surface area contributed by atoms with E-state index in [2.05, 4.69) is 15.0 Å². The molecule has 39 heavy (non-hydrogen) atoms. The Morgan fingerprint density at radius 3 is 2.56 bits per heavy atom. The van der Waals surface area contributed by atoms with E-state index in [4.69, 9.17) is 25.8 Å². The first-order chi connectivity index (χ1) is 18.9. The molecule has 2 aromatic carbocycles. The van der Waals surface area contributed by atoms with E-state index in [1.54, 1.807) is 73.3 Å². The number of hydrogen-bond donors (Lipinski definition) is 0. The van der Waals surface area contributed by atoms with Gasteiger partial charge in [0.05, 0.1) is 31.7 Å². The Labute approximate surface area is 228 Å². The van der Waals surface area contributed by atoms with E-state index < -0.39 is 0 Å². The Hall–Kier alpha value is -4.76. The molecule has 3 heterocycles. The molecule has 0 unspecified atom stereocenters. The Morgan fingerprint density at radius 1 is 0.949 bits per heavy atom. The number of aromatic nitrogens is 4. The lowest BCUT2D eigenvalue weighted by atomic mass is 10.0. The highest BCUT2D eigenvalue weighted by Crippen LogP contribution is 2.33. The van der Waals surface area contributed by atoms with Crippen molar-refractivity contribution in [2.45, 2.75) is 6.61 Å². The number of pyridine rings is 2. The summed E-state index contributed by atoms with van der Waals surface area (Å²) in [5, 5.41) is 0.366. The van der Waals surface area contributed by atoms with Crippen molar-refractivity contribution in [3.8, 4) is 45.6 Å². The van der Waals surface area contributed by atoms with E-state index in [-0.39, 0.29) is 29.9 Å². The maximum absolute atomic E-state index is 13.8. The number of benzene rings is 2. The van der Waals surface area contributed by atoms with Crippen LogP contribution >= 0.6 is 11.6 Å². The highest BCUT2D eigenvalue weighted by atomic mass is 35.5. The van der Waals surface area contributed by atoms with Crippen LogP contribution in [0.25, 0.3) is 27.9 Å². The smallest absolute Gasteiger partial charge is 0.319 e. The Morgan fingerprint density at radius 2 is 1.82 bits per heavy atom. The van der Waals surface area contributed by atoms with Crippen LogP contribution in [0.5, 0.6) is 17.6 Å². The first-order valence-electron chi connectivity index (χ1n) is 11.8. The topological polar surface area (TPSA) is 88.4 Å². The highest BCUT2D eigenvalue weighted by molar-refractivity contribution is 6.31. The van der Waals surface area contributed by atoms with Gasteiger partial charge in [-0.2, -0.15) is 4.98 Å². The average Bonchev–Trinajstić information content (AvgIpc) is 2.96. The van der Waals surface area contributed by atoms with Crippen molar-refractivity contribution >= 4 is 11.6 Å². The van der Waals surface area contributed by atoms with Crippen LogP contribution in [0, 0.1) is 5.82 Å². The van der Waals surface area contributed by atoms with Gasteiger partial charge in [-0.1, -0.05) is 23.7 Å². The van der Waals surface area contributed by atoms with Crippen molar-refractivity contribution in [2.75, 3.05) is 14.2 Å². The molecule has 0 N–H and O–H groups in total. The van der Waals surface area contributed by atoms with Crippen LogP contribution < -0.4 is 19.8 Å². The SMILES string of the molecule is COc1ncc(-c2cc(-c3cc(Cl)cc(OCc4cccc(F)c4)c3)c(=O)n(-c3cccnc3)c2)c(OC)n1. The fourth-order valence-corrected chi connectivity index (χ4v) is 4.25. The fraction of sp³-hybridized carbons (Fsp3) is 0.103. The molecule has 0 saturated carbocycles. The third kappa shape index (κ3) is 5.73. The Balaban J connectivity index is 1.64. The van der Waals surface area contributed by atoms with E-state index in [0.29, 0.717) is 44.3 Å². The number of rotatable bonds is 8. The van der Waals surface area contributed by atoms with Gasteiger partial charge in [0.25, 0.3) is 5.56 Å². The molecule has 0 fully saturated rings. The van der Waals surface area contributed by atoms with Gasteiger partial charge in [0.2, 0.25) is 5.88 Å². The van der Waals surface area contributed by atoms with Crippen molar-refractivity contribution in [2.24, 2.45) is 0 Å². The van der Waals surface area contributed by atoms with Gasteiger partial charge >= 0.3 is 6.01 Å². The van der Waals surface area contributed by atoms with Crippen LogP contribution in [0.4, 0.5) is 4.39 Å². The molecule has 0 saturated heterocycles. The van der Waals surface area contributed by atoms with Crippen LogP contribution in [0.1, 0.15) is 5.56 Å². The third-order valence-electron chi connectivity index (χ3n) is 5.84. The summed E-state index contributed by atoms with van der Waals surface area (Å²) in [6.07, 6.45) is 6.44. The maximum atomic E-state index is 13.8. The van der Waals surface area contributed by atoms with Gasteiger partial charge in [0, 0.05) is 34.7 Å². The predicted octanol–water partition coefficient (Wildman–Crippen LogP) is 5.75. The minimum absolute atomic E-state index is 0.123. The van der Waals surface area contributed by atoms with E-state index in [9.17, 15) is 9.18 Å². The zero-order valence-electron chi connectivity index (χ0n) is 21.0. The quantitative estimate of drug-likeness (QED) is 0.246. The van der Waals surface area contributed by atoms with Crippen LogP contribution in [-0.4, -0.2) is 33.7 Å². The first-order valence-corrected chi connectivity index (χ1v) is 12.1. The lowest BCUT2D eigenvalue weighted by molar-refractivity contribution is 0.305. The second-order valence-electron chi connectivity index (χ2n) is 8.40. The molecule has 0 atom stereocenters. The number of methoxy groups -OCH3 is 2. The zero-order valence-corrected chi connectivity index (χ0v) is 21.7. The van der Waals surface area contributed by atoms with Crippen LogP contribution in [0.15, 0.2) is 90.2 Å². The lowest BCUT2D eigenvalue weighted by Gasteiger charge is -2.15. The van der Waals surface area contributed by atoms with Gasteiger partial charge in [-0.05, 0) is 59.7 Å².